The highest BCUT2D eigenvalue weighted by atomic mass is 19.1. The normalized spacial score (nSPS) is 14.1. The third-order valence-corrected chi connectivity index (χ3v) is 6.38. The summed E-state index contributed by atoms with van der Waals surface area (Å²) in [6.45, 7) is 1.89. The molecule has 2 aromatic heterocycles. The molecule has 0 saturated heterocycles. The van der Waals surface area contributed by atoms with E-state index in [0.717, 1.165) is 37.0 Å². The van der Waals surface area contributed by atoms with Crippen molar-refractivity contribution in [2.24, 2.45) is 0 Å². The molecule has 0 aliphatic heterocycles. The van der Waals surface area contributed by atoms with Crippen LogP contribution in [0.1, 0.15) is 59.8 Å². The quantitative estimate of drug-likeness (QED) is 0.465. The minimum Gasteiger partial charge on any atom is -0.320 e. The van der Waals surface area contributed by atoms with Gasteiger partial charge in [0.25, 0.3) is 5.56 Å². The number of benzene rings is 1. The molecular formula is C28H29FN4O3. The maximum atomic E-state index is 13.5. The fourth-order valence-corrected chi connectivity index (χ4v) is 4.20. The predicted octanol–water partition coefficient (Wildman–Crippen LogP) is 4.17. The Morgan fingerprint density at radius 2 is 1.86 bits per heavy atom. The maximum absolute atomic E-state index is 13.5. The molecule has 0 unspecified atom stereocenters. The van der Waals surface area contributed by atoms with E-state index in [9.17, 15) is 18.8 Å². The Morgan fingerprint density at radius 1 is 1.08 bits per heavy atom. The van der Waals surface area contributed by atoms with E-state index in [1.165, 1.54) is 30.5 Å². The highest BCUT2D eigenvalue weighted by Gasteiger charge is 2.18. The lowest BCUT2D eigenvalue weighted by molar-refractivity contribution is -0.117. The van der Waals surface area contributed by atoms with Gasteiger partial charge in [-0.15, -0.1) is 0 Å². The van der Waals surface area contributed by atoms with Crippen LogP contribution >= 0.6 is 0 Å². The summed E-state index contributed by atoms with van der Waals surface area (Å²) in [7, 11) is 1.68. The predicted molar refractivity (Wildman–Crippen MR) is 137 cm³/mol. The topological polar surface area (TPSA) is 93.1 Å². The number of amides is 1. The van der Waals surface area contributed by atoms with Gasteiger partial charge in [0.05, 0.1) is 12.6 Å². The molecule has 186 valence electrons. The van der Waals surface area contributed by atoms with Gasteiger partial charge < -0.3 is 15.2 Å². The number of rotatable bonds is 8. The first-order valence-electron chi connectivity index (χ1n) is 12.0. The fourth-order valence-electron chi connectivity index (χ4n) is 4.20. The molecule has 1 aliphatic carbocycles. The molecular weight excluding hydrogens is 459 g/mol. The van der Waals surface area contributed by atoms with Gasteiger partial charge in [0.1, 0.15) is 11.5 Å². The molecule has 2 heterocycles. The number of likely N-dealkylation sites (N-methyl/N-ethyl adjacent to an activating group) is 1. The summed E-state index contributed by atoms with van der Waals surface area (Å²) >= 11 is 0. The monoisotopic (exact) mass is 488 g/mol. The summed E-state index contributed by atoms with van der Waals surface area (Å²) in [4.78, 5) is 43.1. The number of pyridine rings is 2. The average molecular weight is 489 g/mol. The van der Waals surface area contributed by atoms with Gasteiger partial charge in [-0.05, 0) is 93.3 Å². The number of hydrogen-bond acceptors (Lipinski definition) is 5. The Kier molecular flexibility index (Phi) is 7.85. The van der Waals surface area contributed by atoms with E-state index < -0.39 is 11.9 Å². The van der Waals surface area contributed by atoms with Crippen LogP contribution in [0.5, 0.6) is 0 Å². The van der Waals surface area contributed by atoms with E-state index in [2.05, 4.69) is 21.7 Å². The fraction of sp³-hybridized carbons (Fsp3) is 0.286. The van der Waals surface area contributed by atoms with E-state index in [1.54, 1.807) is 36.9 Å². The zero-order chi connectivity index (χ0) is 25.7. The maximum Gasteiger partial charge on any atom is 0.275 e. The zero-order valence-electron chi connectivity index (χ0n) is 20.4. The SMILES string of the molecule is CN[C@@H](C)C(=O)Nc1ccc(C2=CCCCC2)n(Cc2cncc(C(=O)c3ccc(F)cc3)c2)c1=O. The number of hydrogen-bond donors (Lipinski definition) is 2. The number of nitrogens with zero attached hydrogens (tertiary/aromatic N) is 2. The second kappa shape index (κ2) is 11.2. The Morgan fingerprint density at radius 3 is 2.56 bits per heavy atom. The third-order valence-electron chi connectivity index (χ3n) is 6.38. The van der Waals surface area contributed by atoms with Crippen LogP contribution in [0.15, 0.2) is 65.7 Å². The van der Waals surface area contributed by atoms with Gasteiger partial charge in [0.2, 0.25) is 5.91 Å². The molecule has 8 heteroatoms. The molecule has 0 spiro atoms. The molecule has 36 heavy (non-hydrogen) atoms. The molecule has 7 nitrogen and oxygen atoms in total. The standard InChI is InChI=1S/C28H29FN4O3/c1-18(30-2)27(35)32-24-12-13-25(20-6-4-3-5-7-20)33(28(24)36)17-19-14-22(16-31-15-19)26(34)21-8-10-23(29)11-9-21/h6,8-16,18,30H,3-5,7,17H2,1-2H3,(H,32,35)/t18-/m0/s1. The molecule has 0 bridgehead atoms. The minimum absolute atomic E-state index is 0.175. The molecule has 4 rings (SSSR count). The smallest absolute Gasteiger partial charge is 0.275 e. The van der Waals surface area contributed by atoms with E-state index in [4.69, 9.17) is 0 Å². The second-order valence-corrected chi connectivity index (χ2v) is 8.92. The molecule has 1 atom stereocenters. The molecule has 1 amide bonds. The van der Waals surface area contributed by atoms with Crippen LogP contribution in [0.25, 0.3) is 5.57 Å². The first-order valence-corrected chi connectivity index (χ1v) is 12.0. The van der Waals surface area contributed by atoms with Gasteiger partial charge in [0.15, 0.2) is 5.78 Å². The molecule has 1 aliphatic rings. The Labute approximate surface area is 209 Å². The molecule has 0 fully saturated rings. The van der Waals surface area contributed by atoms with Gasteiger partial charge in [-0.2, -0.15) is 0 Å². The van der Waals surface area contributed by atoms with Gasteiger partial charge in [-0.25, -0.2) is 4.39 Å². The number of anilines is 1. The van der Waals surface area contributed by atoms with Crippen molar-refractivity contribution < 1.29 is 14.0 Å². The zero-order valence-corrected chi connectivity index (χ0v) is 20.4. The lowest BCUT2D eigenvalue weighted by Crippen LogP contribution is -2.38. The van der Waals surface area contributed by atoms with Gasteiger partial charge in [-0.3, -0.25) is 19.4 Å². The molecule has 2 N–H and O–H groups in total. The van der Waals surface area contributed by atoms with Crippen molar-refractivity contribution in [1.82, 2.24) is 14.9 Å². The van der Waals surface area contributed by atoms with Crippen molar-refractivity contribution in [3.8, 4) is 0 Å². The van der Waals surface area contributed by atoms with Crippen LogP contribution in [0.2, 0.25) is 0 Å². The second-order valence-electron chi connectivity index (χ2n) is 8.92. The van der Waals surface area contributed by atoms with E-state index in [1.807, 2.05) is 6.07 Å². The minimum atomic E-state index is -0.461. The molecule has 0 saturated carbocycles. The van der Waals surface area contributed by atoms with Crippen molar-refractivity contribution in [3.05, 3.63) is 99.5 Å². The first-order chi connectivity index (χ1) is 17.4. The Bertz CT molecular complexity index is 1360. The average Bonchev–Trinajstić information content (AvgIpc) is 2.91. The number of carbonyl (C=O) groups is 2. The van der Waals surface area contributed by atoms with Gasteiger partial charge >= 0.3 is 0 Å². The van der Waals surface area contributed by atoms with Crippen LogP contribution in [-0.4, -0.2) is 34.3 Å². The van der Waals surface area contributed by atoms with Crippen LogP contribution in [-0.2, 0) is 11.3 Å². The van der Waals surface area contributed by atoms with E-state index in [0.29, 0.717) is 16.7 Å². The van der Waals surface area contributed by atoms with Crippen molar-refractivity contribution >= 4 is 23.0 Å². The Hall–Kier alpha value is -3.91. The number of nitrogens with one attached hydrogen (secondary N) is 2. The summed E-state index contributed by atoms with van der Waals surface area (Å²) in [5.41, 5.74) is 3.09. The largest absolute Gasteiger partial charge is 0.320 e. The lowest BCUT2D eigenvalue weighted by Gasteiger charge is -2.20. The number of aromatic nitrogens is 2. The summed E-state index contributed by atoms with van der Waals surface area (Å²) in [6.07, 6.45) is 9.19. The number of carbonyl (C=O) groups excluding carboxylic acids is 2. The van der Waals surface area contributed by atoms with Crippen molar-refractivity contribution in [2.75, 3.05) is 12.4 Å². The van der Waals surface area contributed by atoms with Gasteiger partial charge in [0, 0.05) is 29.2 Å². The summed E-state index contributed by atoms with van der Waals surface area (Å²) in [5, 5.41) is 5.58. The summed E-state index contributed by atoms with van der Waals surface area (Å²) < 4.78 is 14.9. The van der Waals surface area contributed by atoms with Crippen molar-refractivity contribution in [3.63, 3.8) is 0 Å². The van der Waals surface area contributed by atoms with Crippen LogP contribution in [0, 0.1) is 5.82 Å². The molecule has 0 radical (unpaired) electrons. The Balaban J connectivity index is 1.70. The van der Waals surface area contributed by atoms with Gasteiger partial charge in [-0.1, -0.05) is 6.08 Å². The summed E-state index contributed by atoms with van der Waals surface area (Å²) in [6, 6.07) is 10.1. The van der Waals surface area contributed by atoms with Crippen molar-refractivity contribution in [1.29, 1.82) is 0 Å². The van der Waals surface area contributed by atoms with Crippen LogP contribution in [0.4, 0.5) is 10.1 Å². The highest BCUT2D eigenvalue weighted by molar-refractivity contribution is 6.08. The number of allylic oxidation sites excluding steroid dienone is 2. The number of halogens is 1. The number of ketones is 1. The third kappa shape index (κ3) is 5.66. The van der Waals surface area contributed by atoms with E-state index >= 15 is 0 Å². The molecule has 3 aromatic rings. The first kappa shape index (κ1) is 25.2. The van der Waals surface area contributed by atoms with Crippen LogP contribution in [0.3, 0.4) is 0 Å². The molecule has 1 aromatic carbocycles. The highest BCUT2D eigenvalue weighted by Crippen LogP contribution is 2.27. The lowest BCUT2D eigenvalue weighted by atomic mass is 9.96. The van der Waals surface area contributed by atoms with Crippen molar-refractivity contribution in [2.45, 2.75) is 45.2 Å². The van der Waals surface area contributed by atoms with E-state index in [-0.39, 0.29) is 29.5 Å². The van der Waals surface area contributed by atoms with Crippen LogP contribution < -0.4 is 16.2 Å². The summed E-state index contributed by atoms with van der Waals surface area (Å²) in [5.74, 6) is -1.01.